The van der Waals surface area contributed by atoms with Crippen molar-refractivity contribution in [3.05, 3.63) is 12.8 Å². The second-order valence-corrected chi connectivity index (χ2v) is 5.77. The standard InChI is InChI=1S/C16H28O6/c1-2-21-16(15(20)13(19)10-17)14(11-18)22-9-8-12-6-4-3-5-7-12/h2,11-17,19-20H,1,3-10H2/t13-,14+,15-,16-/m1/s1. The number of hydrogen-bond donors (Lipinski definition) is 3. The molecule has 1 aliphatic carbocycles. The maximum absolute atomic E-state index is 11.2. The average Bonchev–Trinajstić information content (AvgIpc) is 2.56. The lowest BCUT2D eigenvalue weighted by Crippen LogP contribution is -2.48. The van der Waals surface area contributed by atoms with Crippen molar-refractivity contribution < 1.29 is 29.6 Å². The monoisotopic (exact) mass is 316 g/mol. The maximum atomic E-state index is 11.2. The number of aliphatic hydroxyl groups excluding tert-OH is 3. The number of aldehydes is 1. The predicted octanol–water partition coefficient (Wildman–Crippen LogP) is 0.784. The first-order valence-corrected chi connectivity index (χ1v) is 7.94. The van der Waals surface area contributed by atoms with Crippen LogP contribution in [0.15, 0.2) is 12.8 Å². The second kappa shape index (κ2) is 10.7. The van der Waals surface area contributed by atoms with Crippen LogP contribution in [0.2, 0.25) is 0 Å². The Morgan fingerprint density at radius 3 is 2.45 bits per heavy atom. The van der Waals surface area contributed by atoms with Crippen molar-refractivity contribution in [3.63, 3.8) is 0 Å². The van der Waals surface area contributed by atoms with E-state index in [-0.39, 0.29) is 0 Å². The van der Waals surface area contributed by atoms with E-state index in [0.717, 1.165) is 12.7 Å². The molecule has 6 heteroatoms. The summed E-state index contributed by atoms with van der Waals surface area (Å²) >= 11 is 0. The number of carbonyl (C=O) groups is 1. The van der Waals surface area contributed by atoms with E-state index in [1.165, 1.54) is 32.1 Å². The lowest BCUT2D eigenvalue weighted by Gasteiger charge is -2.29. The van der Waals surface area contributed by atoms with Crippen molar-refractivity contribution in [2.75, 3.05) is 13.2 Å². The van der Waals surface area contributed by atoms with Gasteiger partial charge in [-0.15, -0.1) is 0 Å². The van der Waals surface area contributed by atoms with Crippen LogP contribution in [0.25, 0.3) is 0 Å². The minimum atomic E-state index is -1.44. The molecule has 0 unspecified atom stereocenters. The van der Waals surface area contributed by atoms with Gasteiger partial charge in [0, 0.05) is 6.61 Å². The first kappa shape index (κ1) is 19.1. The van der Waals surface area contributed by atoms with E-state index in [4.69, 9.17) is 14.6 Å². The molecule has 1 rings (SSSR count). The molecule has 0 amide bonds. The number of carbonyl (C=O) groups excluding carboxylic acids is 1. The summed E-state index contributed by atoms with van der Waals surface area (Å²) in [5.41, 5.74) is 0. The van der Waals surface area contributed by atoms with Crippen LogP contribution in [0, 0.1) is 5.92 Å². The summed E-state index contributed by atoms with van der Waals surface area (Å²) in [6.45, 7) is 3.15. The Hall–Kier alpha value is -0.950. The maximum Gasteiger partial charge on any atom is 0.159 e. The van der Waals surface area contributed by atoms with Crippen LogP contribution in [0.5, 0.6) is 0 Å². The van der Waals surface area contributed by atoms with E-state index in [1.54, 1.807) is 0 Å². The molecular weight excluding hydrogens is 288 g/mol. The van der Waals surface area contributed by atoms with E-state index in [2.05, 4.69) is 6.58 Å². The SMILES string of the molecule is C=CO[C@@H]([C@H](O)[C@H](O)CO)[C@H](C=O)OCCC1CCCCC1. The highest BCUT2D eigenvalue weighted by Crippen LogP contribution is 2.26. The number of rotatable bonds is 11. The van der Waals surface area contributed by atoms with Crippen molar-refractivity contribution in [2.24, 2.45) is 5.92 Å². The van der Waals surface area contributed by atoms with Crippen LogP contribution in [0.4, 0.5) is 0 Å². The van der Waals surface area contributed by atoms with E-state index in [9.17, 15) is 15.0 Å². The minimum Gasteiger partial charge on any atom is -0.493 e. The van der Waals surface area contributed by atoms with E-state index in [0.29, 0.717) is 18.8 Å². The highest BCUT2D eigenvalue weighted by atomic mass is 16.5. The highest BCUT2D eigenvalue weighted by Gasteiger charge is 2.34. The summed E-state index contributed by atoms with van der Waals surface area (Å²) in [6.07, 6.45) is 3.68. The normalized spacial score (nSPS) is 21.6. The van der Waals surface area contributed by atoms with Crippen molar-refractivity contribution in [3.8, 4) is 0 Å². The minimum absolute atomic E-state index is 0.396. The zero-order valence-electron chi connectivity index (χ0n) is 13.0. The fourth-order valence-electron chi connectivity index (χ4n) is 2.85. The molecule has 0 saturated heterocycles. The van der Waals surface area contributed by atoms with Gasteiger partial charge in [-0.3, -0.25) is 0 Å². The van der Waals surface area contributed by atoms with Gasteiger partial charge < -0.3 is 29.6 Å². The summed E-state index contributed by atoms with van der Waals surface area (Å²) in [6, 6.07) is 0. The highest BCUT2D eigenvalue weighted by molar-refractivity contribution is 5.57. The van der Waals surface area contributed by atoms with Gasteiger partial charge in [-0.05, 0) is 12.3 Å². The summed E-state index contributed by atoms with van der Waals surface area (Å²) < 4.78 is 10.6. The van der Waals surface area contributed by atoms with Crippen LogP contribution in [-0.2, 0) is 14.3 Å². The molecule has 0 radical (unpaired) electrons. The van der Waals surface area contributed by atoms with Gasteiger partial charge in [0.15, 0.2) is 18.5 Å². The van der Waals surface area contributed by atoms with Gasteiger partial charge in [0.2, 0.25) is 0 Å². The molecule has 3 N–H and O–H groups in total. The van der Waals surface area contributed by atoms with Gasteiger partial charge in [0.25, 0.3) is 0 Å². The van der Waals surface area contributed by atoms with Crippen molar-refractivity contribution >= 4 is 6.29 Å². The summed E-state index contributed by atoms with van der Waals surface area (Å²) in [5, 5.41) is 28.4. The molecule has 1 saturated carbocycles. The topological polar surface area (TPSA) is 96.2 Å². The molecule has 0 heterocycles. The zero-order chi connectivity index (χ0) is 16.4. The zero-order valence-corrected chi connectivity index (χ0v) is 13.0. The number of hydrogen-bond acceptors (Lipinski definition) is 6. The Bertz CT molecular complexity index is 316. The quantitative estimate of drug-likeness (QED) is 0.385. The fraction of sp³-hybridized carbons (Fsp3) is 0.812. The molecule has 0 aromatic carbocycles. The summed E-state index contributed by atoms with van der Waals surface area (Å²) in [4.78, 5) is 11.2. The Balaban J connectivity index is 2.49. The fourth-order valence-corrected chi connectivity index (χ4v) is 2.85. The molecule has 0 aromatic heterocycles. The second-order valence-electron chi connectivity index (χ2n) is 5.77. The van der Waals surface area contributed by atoms with Crippen LogP contribution < -0.4 is 0 Å². The lowest BCUT2D eigenvalue weighted by molar-refractivity contribution is -0.148. The predicted molar refractivity (Wildman–Crippen MR) is 81.2 cm³/mol. The van der Waals surface area contributed by atoms with Crippen LogP contribution in [0.1, 0.15) is 38.5 Å². The molecule has 1 aliphatic rings. The van der Waals surface area contributed by atoms with Gasteiger partial charge in [-0.2, -0.15) is 0 Å². The van der Waals surface area contributed by atoms with Crippen molar-refractivity contribution in [1.29, 1.82) is 0 Å². The van der Waals surface area contributed by atoms with Gasteiger partial charge >= 0.3 is 0 Å². The lowest BCUT2D eigenvalue weighted by atomic mass is 9.87. The van der Waals surface area contributed by atoms with Gasteiger partial charge in [0.1, 0.15) is 12.2 Å². The molecule has 0 aromatic rings. The number of aliphatic hydroxyl groups is 3. The van der Waals surface area contributed by atoms with Crippen LogP contribution in [-0.4, -0.2) is 59.2 Å². The molecular formula is C16H28O6. The first-order valence-electron chi connectivity index (χ1n) is 7.94. The smallest absolute Gasteiger partial charge is 0.159 e. The third kappa shape index (κ3) is 6.04. The average molecular weight is 316 g/mol. The van der Waals surface area contributed by atoms with Gasteiger partial charge in [-0.1, -0.05) is 38.7 Å². The third-order valence-electron chi connectivity index (χ3n) is 4.19. The first-order chi connectivity index (χ1) is 10.6. The largest absolute Gasteiger partial charge is 0.493 e. The molecule has 22 heavy (non-hydrogen) atoms. The van der Waals surface area contributed by atoms with Crippen molar-refractivity contribution in [2.45, 2.75) is 62.9 Å². The van der Waals surface area contributed by atoms with Crippen molar-refractivity contribution in [1.82, 2.24) is 0 Å². The molecule has 4 atom stereocenters. The third-order valence-corrected chi connectivity index (χ3v) is 4.19. The summed E-state index contributed by atoms with van der Waals surface area (Å²) in [5.74, 6) is 0.618. The molecule has 0 aliphatic heterocycles. The van der Waals surface area contributed by atoms with E-state index >= 15 is 0 Å². The summed E-state index contributed by atoms with van der Waals surface area (Å²) in [7, 11) is 0. The molecule has 6 nitrogen and oxygen atoms in total. The van der Waals surface area contributed by atoms with Gasteiger partial charge in [-0.25, -0.2) is 0 Å². The number of ether oxygens (including phenoxy) is 2. The Morgan fingerprint density at radius 1 is 1.23 bits per heavy atom. The van der Waals surface area contributed by atoms with Gasteiger partial charge in [0.05, 0.1) is 12.9 Å². The van der Waals surface area contributed by atoms with Crippen LogP contribution >= 0.6 is 0 Å². The Morgan fingerprint density at radius 2 is 1.91 bits per heavy atom. The molecule has 0 bridgehead atoms. The van der Waals surface area contributed by atoms with Crippen LogP contribution in [0.3, 0.4) is 0 Å². The Labute approximate surface area is 131 Å². The van der Waals surface area contributed by atoms with E-state index < -0.39 is 31.0 Å². The van der Waals surface area contributed by atoms with E-state index in [1.807, 2.05) is 0 Å². The molecule has 128 valence electrons. The molecule has 1 fully saturated rings. The Kier molecular flexibility index (Phi) is 9.31. The molecule has 0 spiro atoms.